The zero-order valence-electron chi connectivity index (χ0n) is 4.97. The molecule has 1 unspecified atom stereocenters. The second-order valence-corrected chi connectivity index (χ2v) is 2.50. The molecule has 2 aliphatic heterocycles. The summed E-state index contributed by atoms with van der Waals surface area (Å²) in [4.78, 5) is 2.42. The normalized spacial score (nSPS) is 38.2. The van der Waals surface area contributed by atoms with Crippen molar-refractivity contribution in [2.24, 2.45) is 0 Å². The number of ether oxygens (including phenoxy) is 1. The maximum absolute atomic E-state index is 5.40. The van der Waals surface area contributed by atoms with Crippen molar-refractivity contribution in [3.63, 3.8) is 0 Å². The molecule has 2 heteroatoms. The molecule has 1 atom stereocenters. The fourth-order valence-electron chi connectivity index (χ4n) is 1.55. The van der Waals surface area contributed by atoms with Crippen LogP contribution in [-0.2, 0) is 4.74 Å². The van der Waals surface area contributed by atoms with Crippen molar-refractivity contribution in [3.05, 3.63) is 0 Å². The van der Waals surface area contributed by atoms with Crippen molar-refractivity contribution in [2.45, 2.75) is 19.1 Å². The Bertz CT molecular complexity index is 74.5. The van der Waals surface area contributed by atoms with Gasteiger partial charge in [-0.25, -0.2) is 0 Å². The van der Waals surface area contributed by atoms with Gasteiger partial charge >= 0.3 is 0 Å². The van der Waals surface area contributed by atoms with E-state index in [9.17, 15) is 0 Å². The van der Waals surface area contributed by atoms with Crippen LogP contribution in [0.2, 0.25) is 0 Å². The second-order valence-electron chi connectivity index (χ2n) is 2.50. The third kappa shape index (κ3) is 0.565. The number of hydrogen-bond acceptors (Lipinski definition) is 2. The summed E-state index contributed by atoms with van der Waals surface area (Å²) in [5.74, 6) is 0. The molecule has 0 aromatic heterocycles. The first-order valence-corrected chi connectivity index (χ1v) is 3.32. The van der Waals surface area contributed by atoms with Gasteiger partial charge in [0.05, 0.1) is 6.61 Å². The summed E-state index contributed by atoms with van der Waals surface area (Å²) < 4.78 is 5.40. The summed E-state index contributed by atoms with van der Waals surface area (Å²) in [6.45, 7) is 3.40. The van der Waals surface area contributed by atoms with Gasteiger partial charge in [0.25, 0.3) is 0 Å². The first-order chi connectivity index (χ1) is 3.97. The van der Waals surface area contributed by atoms with Gasteiger partial charge in [0.15, 0.2) is 0 Å². The molecule has 0 saturated carbocycles. The van der Waals surface area contributed by atoms with Crippen LogP contribution in [0.5, 0.6) is 0 Å². The topological polar surface area (TPSA) is 12.5 Å². The molecule has 8 heavy (non-hydrogen) atoms. The number of hydrogen-bond donors (Lipinski definition) is 0. The Balaban J connectivity index is 2.04. The van der Waals surface area contributed by atoms with Crippen LogP contribution in [0.15, 0.2) is 0 Å². The van der Waals surface area contributed by atoms with E-state index in [4.69, 9.17) is 4.74 Å². The third-order valence-corrected chi connectivity index (χ3v) is 1.99. The number of nitrogens with zero attached hydrogens (tertiary/aromatic N) is 1. The molecule has 2 aliphatic rings. The molecule has 0 radical (unpaired) electrons. The molecule has 0 aromatic carbocycles. The van der Waals surface area contributed by atoms with Gasteiger partial charge in [-0.15, -0.1) is 0 Å². The standard InChI is InChI=1S/C6H11NO/c1-2-6-7(3-1)4-5-8-6/h6H,1-5H2. The van der Waals surface area contributed by atoms with Gasteiger partial charge in [-0.05, 0) is 12.8 Å². The summed E-state index contributed by atoms with van der Waals surface area (Å²) in [7, 11) is 0. The summed E-state index contributed by atoms with van der Waals surface area (Å²) in [6.07, 6.45) is 3.11. The van der Waals surface area contributed by atoms with Crippen LogP contribution >= 0.6 is 0 Å². The quantitative estimate of drug-likeness (QED) is 0.452. The summed E-state index contributed by atoms with van der Waals surface area (Å²) in [6, 6.07) is 0. The van der Waals surface area contributed by atoms with Crippen LogP contribution in [0.3, 0.4) is 0 Å². The molecule has 0 aromatic rings. The molecule has 2 fully saturated rings. The molecule has 2 rings (SSSR count). The van der Waals surface area contributed by atoms with E-state index < -0.39 is 0 Å². The highest BCUT2D eigenvalue weighted by Gasteiger charge is 2.28. The average molecular weight is 113 g/mol. The van der Waals surface area contributed by atoms with E-state index >= 15 is 0 Å². The molecule has 46 valence electrons. The molecule has 0 aliphatic carbocycles. The lowest BCUT2D eigenvalue weighted by Crippen LogP contribution is -2.22. The fraction of sp³-hybridized carbons (Fsp3) is 1.00. The molecule has 0 amide bonds. The Morgan fingerprint density at radius 2 is 2.38 bits per heavy atom. The zero-order chi connectivity index (χ0) is 5.40. The highest BCUT2D eigenvalue weighted by atomic mass is 16.5. The fourth-order valence-corrected chi connectivity index (χ4v) is 1.55. The van der Waals surface area contributed by atoms with E-state index in [0.717, 1.165) is 6.61 Å². The summed E-state index contributed by atoms with van der Waals surface area (Å²) >= 11 is 0. The molecule has 2 heterocycles. The monoisotopic (exact) mass is 113 g/mol. The van der Waals surface area contributed by atoms with E-state index in [1.165, 1.54) is 25.9 Å². The lowest BCUT2D eigenvalue weighted by molar-refractivity contribution is 0.0603. The van der Waals surface area contributed by atoms with Crippen LogP contribution in [0, 0.1) is 0 Å². The van der Waals surface area contributed by atoms with Gasteiger partial charge in [0, 0.05) is 13.1 Å². The average Bonchev–Trinajstić information content (AvgIpc) is 2.15. The van der Waals surface area contributed by atoms with Crippen LogP contribution < -0.4 is 0 Å². The minimum Gasteiger partial charge on any atom is -0.362 e. The predicted octanol–water partition coefficient (Wildman–Crippen LogP) is 0.439. The largest absolute Gasteiger partial charge is 0.362 e. The Morgan fingerprint density at radius 3 is 3.25 bits per heavy atom. The minimum absolute atomic E-state index is 0.509. The SMILES string of the molecule is C1CC2OCCN2C1. The molecule has 0 N–H and O–H groups in total. The van der Waals surface area contributed by atoms with E-state index in [-0.39, 0.29) is 0 Å². The van der Waals surface area contributed by atoms with Gasteiger partial charge in [0.2, 0.25) is 0 Å². The van der Waals surface area contributed by atoms with Crippen molar-refractivity contribution in [3.8, 4) is 0 Å². The Labute approximate surface area is 49.4 Å². The maximum atomic E-state index is 5.40. The third-order valence-electron chi connectivity index (χ3n) is 1.99. The van der Waals surface area contributed by atoms with Crippen LogP contribution in [-0.4, -0.2) is 30.8 Å². The van der Waals surface area contributed by atoms with E-state index in [0.29, 0.717) is 6.23 Å². The van der Waals surface area contributed by atoms with Crippen LogP contribution in [0.1, 0.15) is 12.8 Å². The first kappa shape index (κ1) is 4.77. The molecule has 0 spiro atoms. The molecular weight excluding hydrogens is 102 g/mol. The van der Waals surface area contributed by atoms with Gasteiger partial charge in [-0.1, -0.05) is 0 Å². The Kier molecular flexibility index (Phi) is 1.02. The first-order valence-electron chi connectivity index (χ1n) is 3.32. The summed E-state index contributed by atoms with van der Waals surface area (Å²) in [5, 5.41) is 0. The van der Waals surface area contributed by atoms with Crippen LogP contribution in [0.4, 0.5) is 0 Å². The maximum Gasteiger partial charge on any atom is 0.110 e. The highest BCUT2D eigenvalue weighted by molar-refractivity contribution is 4.75. The highest BCUT2D eigenvalue weighted by Crippen LogP contribution is 2.21. The smallest absolute Gasteiger partial charge is 0.110 e. The summed E-state index contributed by atoms with van der Waals surface area (Å²) in [5.41, 5.74) is 0. The van der Waals surface area contributed by atoms with Crippen molar-refractivity contribution < 1.29 is 4.74 Å². The number of rotatable bonds is 0. The molecular formula is C6H11NO. The predicted molar refractivity (Wildman–Crippen MR) is 30.5 cm³/mol. The van der Waals surface area contributed by atoms with E-state index in [1.807, 2.05) is 0 Å². The van der Waals surface area contributed by atoms with Crippen molar-refractivity contribution in [1.82, 2.24) is 4.90 Å². The Morgan fingerprint density at radius 1 is 1.38 bits per heavy atom. The van der Waals surface area contributed by atoms with Crippen molar-refractivity contribution in [2.75, 3.05) is 19.7 Å². The van der Waals surface area contributed by atoms with Crippen LogP contribution in [0.25, 0.3) is 0 Å². The van der Waals surface area contributed by atoms with E-state index in [2.05, 4.69) is 4.90 Å². The van der Waals surface area contributed by atoms with E-state index in [1.54, 1.807) is 0 Å². The van der Waals surface area contributed by atoms with Gasteiger partial charge in [-0.3, -0.25) is 4.90 Å². The van der Waals surface area contributed by atoms with Gasteiger partial charge < -0.3 is 4.74 Å². The van der Waals surface area contributed by atoms with Gasteiger partial charge in [0.1, 0.15) is 6.23 Å². The van der Waals surface area contributed by atoms with Crippen molar-refractivity contribution in [1.29, 1.82) is 0 Å². The lowest BCUT2D eigenvalue weighted by atomic mass is 10.4. The van der Waals surface area contributed by atoms with Crippen molar-refractivity contribution >= 4 is 0 Å². The Hall–Kier alpha value is -0.0800. The zero-order valence-corrected chi connectivity index (χ0v) is 4.97. The molecule has 0 bridgehead atoms. The second kappa shape index (κ2) is 1.71. The number of fused-ring (bicyclic) bond motifs is 1. The molecule has 2 nitrogen and oxygen atoms in total. The minimum atomic E-state index is 0.509. The lowest BCUT2D eigenvalue weighted by Gasteiger charge is -2.10. The molecule has 2 saturated heterocycles. The van der Waals surface area contributed by atoms with Gasteiger partial charge in [-0.2, -0.15) is 0 Å².